The van der Waals surface area contributed by atoms with Crippen molar-refractivity contribution in [3.8, 4) is 9.75 Å². The molecule has 0 aliphatic heterocycles. The molecule has 4 heterocycles. The SMILES string of the molecule is c1ccc2sc(-c3cc4ccccc4s3)cc2c1.c1cncnc1.c1cnnnc1. The Morgan fingerprint density at radius 2 is 1.03 bits per heavy atom. The van der Waals surface area contributed by atoms with Crippen LogP contribution in [-0.4, -0.2) is 25.4 Å². The van der Waals surface area contributed by atoms with Crippen molar-refractivity contribution in [3.63, 3.8) is 0 Å². The second-order valence-electron chi connectivity index (χ2n) is 6.01. The lowest BCUT2D eigenvalue weighted by Crippen LogP contribution is -1.78. The quantitative estimate of drug-likeness (QED) is 0.316. The second-order valence-corrected chi connectivity index (χ2v) is 8.18. The first-order valence-electron chi connectivity index (χ1n) is 9.16. The molecule has 0 aliphatic rings. The van der Waals surface area contributed by atoms with Crippen molar-refractivity contribution in [2.24, 2.45) is 0 Å². The van der Waals surface area contributed by atoms with E-state index < -0.39 is 0 Å². The summed E-state index contributed by atoms with van der Waals surface area (Å²) >= 11 is 3.75. The van der Waals surface area contributed by atoms with Gasteiger partial charge in [0, 0.05) is 31.5 Å². The number of nitrogens with zero attached hydrogens (tertiary/aromatic N) is 5. The molecule has 0 atom stereocenters. The highest BCUT2D eigenvalue weighted by Crippen LogP contribution is 2.39. The Morgan fingerprint density at radius 3 is 1.37 bits per heavy atom. The zero-order valence-electron chi connectivity index (χ0n) is 15.9. The normalized spacial score (nSPS) is 10.0. The van der Waals surface area contributed by atoms with Crippen molar-refractivity contribution in [1.82, 2.24) is 25.4 Å². The monoisotopic (exact) mass is 427 g/mol. The molecule has 30 heavy (non-hydrogen) atoms. The van der Waals surface area contributed by atoms with Crippen LogP contribution in [0.4, 0.5) is 0 Å². The lowest BCUT2D eigenvalue weighted by molar-refractivity contribution is 0.865. The average molecular weight is 428 g/mol. The van der Waals surface area contributed by atoms with E-state index >= 15 is 0 Å². The Bertz CT molecular complexity index is 1080. The summed E-state index contributed by atoms with van der Waals surface area (Å²) in [6.45, 7) is 0. The minimum absolute atomic E-state index is 1.34. The third-order valence-corrected chi connectivity index (χ3v) is 6.41. The molecule has 0 unspecified atom stereocenters. The molecule has 0 spiro atoms. The van der Waals surface area contributed by atoms with Crippen LogP contribution in [0.3, 0.4) is 0 Å². The Labute approximate surface area is 181 Å². The van der Waals surface area contributed by atoms with Gasteiger partial charge in [0.2, 0.25) is 0 Å². The van der Waals surface area contributed by atoms with Crippen LogP contribution < -0.4 is 0 Å². The van der Waals surface area contributed by atoms with E-state index in [-0.39, 0.29) is 0 Å². The van der Waals surface area contributed by atoms with Gasteiger partial charge in [-0.25, -0.2) is 9.97 Å². The molecular formula is C23H17N5S2. The zero-order chi connectivity index (χ0) is 20.4. The van der Waals surface area contributed by atoms with Gasteiger partial charge < -0.3 is 0 Å². The largest absolute Gasteiger partial charge is 0.245 e. The van der Waals surface area contributed by atoms with Crippen molar-refractivity contribution in [3.05, 3.63) is 104 Å². The van der Waals surface area contributed by atoms with E-state index in [1.807, 2.05) is 22.7 Å². The Balaban J connectivity index is 0.000000148. The van der Waals surface area contributed by atoms with E-state index in [2.05, 4.69) is 86.0 Å². The summed E-state index contributed by atoms with van der Waals surface area (Å²) in [6.07, 6.45) is 8.03. The standard InChI is InChI=1S/C16H10S2.C4H4N2.C3H3N3/c1-3-7-13-11(5-1)9-15(17-13)16-10-12-6-2-4-8-14(12)18-16;1-2-5-4-6-3-1;1-2-4-6-5-3-1/h1-10H;1-4H;1-3H. The topological polar surface area (TPSA) is 64.5 Å². The smallest absolute Gasteiger partial charge is 0.115 e. The van der Waals surface area contributed by atoms with Crippen molar-refractivity contribution >= 4 is 42.8 Å². The number of aromatic nitrogens is 5. The fourth-order valence-corrected chi connectivity index (χ4v) is 4.86. The number of hydrogen-bond donors (Lipinski definition) is 0. The van der Waals surface area contributed by atoms with Crippen LogP contribution in [0.2, 0.25) is 0 Å². The highest BCUT2D eigenvalue weighted by molar-refractivity contribution is 7.28. The fraction of sp³-hybridized carbons (Fsp3) is 0. The van der Waals surface area contributed by atoms with Gasteiger partial charge in [0.15, 0.2) is 0 Å². The van der Waals surface area contributed by atoms with E-state index in [0.717, 1.165) is 0 Å². The van der Waals surface area contributed by atoms with E-state index in [0.29, 0.717) is 0 Å². The molecule has 0 aliphatic carbocycles. The summed E-state index contributed by atoms with van der Waals surface area (Å²) in [7, 11) is 0. The van der Waals surface area contributed by atoms with E-state index in [1.165, 1.54) is 36.3 Å². The van der Waals surface area contributed by atoms with Crippen molar-refractivity contribution in [1.29, 1.82) is 0 Å². The van der Waals surface area contributed by atoms with Crippen molar-refractivity contribution in [2.45, 2.75) is 0 Å². The van der Waals surface area contributed by atoms with E-state index in [1.54, 1.807) is 36.9 Å². The molecule has 7 heteroatoms. The minimum atomic E-state index is 1.34. The Morgan fingerprint density at radius 1 is 0.533 bits per heavy atom. The lowest BCUT2D eigenvalue weighted by atomic mass is 10.2. The average Bonchev–Trinajstić information content (AvgIpc) is 3.46. The molecule has 0 radical (unpaired) electrons. The third-order valence-electron chi connectivity index (χ3n) is 3.98. The summed E-state index contributed by atoms with van der Waals surface area (Å²) in [4.78, 5) is 10.1. The van der Waals surface area contributed by atoms with Gasteiger partial charge in [-0.15, -0.1) is 32.9 Å². The molecule has 6 rings (SSSR count). The van der Waals surface area contributed by atoms with Gasteiger partial charge in [-0.3, -0.25) is 0 Å². The molecule has 0 N–H and O–H groups in total. The second kappa shape index (κ2) is 10.3. The van der Waals surface area contributed by atoms with Gasteiger partial charge in [-0.05, 0) is 52.4 Å². The molecule has 0 amide bonds. The van der Waals surface area contributed by atoms with Crippen molar-refractivity contribution < 1.29 is 0 Å². The lowest BCUT2D eigenvalue weighted by Gasteiger charge is -1.86. The highest BCUT2D eigenvalue weighted by atomic mass is 32.1. The van der Waals surface area contributed by atoms with Crippen LogP contribution in [0, 0.1) is 0 Å². The first-order valence-corrected chi connectivity index (χ1v) is 10.8. The third kappa shape index (κ3) is 5.28. The van der Waals surface area contributed by atoms with Gasteiger partial charge in [0.1, 0.15) is 6.33 Å². The van der Waals surface area contributed by atoms with Gasteiger partial charge in [-0.2, -0.15) is 0 Å². The summed E-state index contributed by atoms with van der Waals surface area (Å²) in [6, 6.07) is 25.2. The molecule has 146 valence electrons. The molecule has 0 fully saturated rings. The number of rotatable bonds is 1. The van der Waals surface area contributed by atoms with Crippen LogP contribution in [0.5, 0.6) is 0 Å². The van der Waals surface area contributed by atoms with Gasteiger partial charge in [0.05, 0.1) is 12.4 Å². The van der Waals surface area contributed by atoms with Gasteiger partial charge >= 0.3 is 0 Å². The van der Waals surface area contributed by atoms with Gasteiger partial charge in [-0.1, -0.05) is 36.4 Å². The summed E-state index contributed by atoms with van der Waals surface area (Å²) in [5, 5.41) is 12.8. The fourth-order valence-electron chi connectivity index (χ4n) is 2.66. The highest BCUT2D eigenvalue weighted by Gasteiger charge is 2.07. The number of hydrogen-bond acceptors (Lipinski definition) is 7. The van der Waals surface area contributed by atoms with Crippen LogP contribution in [-0.2, 0) is 0 Å². The predicted octanol–water partition coefficient (Wildman–Crippen LogP) is 6.13. The Kier molecular flexibility index (Phi) is 6.78. The number of fused-ring (bicyclic) bond motifs is 2. The van der Waals surface area contributed by atoms with Crippen LogP contribution >= 0.6 is 22.7 Å². The number of thiophene rings is 2. The zero-order valence-corrected chi connectivity index (χ0v) is 17.5. The molecule has 0 bridgehead atoms. The maximum absolute atomic E-state index is 3.67. The molecule has 0 saturated carbocycles. The first-order chi connectivity index (χ1) is 14.9. The van der Waals surface area contributed by atoms with Crippen LogP contribution in [0.1, 0.15) is 0 Å². The number of benzene rings is 2. The van der Waals surface area contributed by atoms with E-state index in [4.69, 9.17) is 0 Å². The molecular weight excluding hydrogens is 410 g/mol. The molecule has 4 aromatic heterocycles. The maximum Gasteiger partial charge on any atom is 0.115 e. The van der Waals surface area contributed by atoms with Crippen molar-refractivity contribution in [2.75, 3.05) is 0 Å². The summed E-state index contributed by atoms with van der Waals surface area (Å²) in [5.41, 5.74) is 0. The molecule has 5 nitrogen and oxygen atoms in total. The van der Waals surface area contributed by atoms with Crippen LogP contribution in [0.15, 0.2) is 104 Å². The minimum Gasteiger partial charge on any atom is -0.245 e. The predicted molar refractivity (Wildman–Crippen MR) is 125 cm³/mol. The summed E-state index contributed by atoms with van der Waals surface area (Å²) < 4.78 is 2.73. The first kappa shape index (κ1) is 19.8. The van der Waals surface area contributed by atoms with E-state index in [9.17, 15) is 0 Å². The van der Waals surface area contributed by atoms with Gasteiger partial charge in [0.25, 0.3) is 0 Å². The molecule has 2 aromatic carbocycles. The Hall–Kier alpha value is -3.55. The summed E-state index contributed by atoms with van der Waals surface area (Å²) in [5.74, 6) is 0. The molecule has 6 aromatic rings. The maximum atomic E-state index is 3.67. The van der Waals surface area contributed by atoms with Crippen LogP contribution in [0.25, 0.3) is 29.9 Å². The molecule has 0 saturated heterocycles.